The lowest BCUT2D eigenvalue weighted by molar-refractivity contribution is -0.116. The van der Waals surface area contributed by atoms with Gasteiger partial charge in [0.25, 0.3) is 0 Å². The van der Waals surface area contributed by atoms with Crippen molar-refractivity contribution in [2.24, 2.45) is 0 Å². The van der Waals surface area contributed by atoms with Crippen molar-refractivity contribution in [3.05, 3.63) is 52.3 Å². The molecular formula is C17H15ClFNO3. The van der Waals surface area contributed by atoms with Crippen LogP contribution in [0.1, 0.15) is 23.5 Å². The van der Waals surface area contributed by atoms with Crippen LogP contribution in [-0.2, 0) is 4.79 Å². The molecule has 0 spiro atoms. The van der Waals surface area contributed by atoms with Crippen molar-refractivity contribution < 1.29 is 18.7 Å². The van der Waals surface area contributed by atoms with Crippen molar-refractivity contribution in [3.8, 4) is 11.5 Å². The highest BCUT2D eigenvalue weighted by Crippen LogP contribution is 2.46. The molecule has 3 rings (SSSR count). The monoisotopic (exact) mass is 335 g/mol. The van der Waals surface area contributed by atoms with E-state index in [1.165, 1.54) is 26.4 Å². The Morgan fingerprint density at radius 1 is 1.22 bits per heavy atom. The zero-order valence-corrected chi connectivity index (χ0v) is 13.4. The van der Waals surface area contributed by atoms with Gasteiger partial charge in [0.2, 0.25) is 5.91 Å². The van der Waals surface area contributed by atoms with E-state index >= 15 is 0 Å². The summed E-state index contributed by atoms with van der Waals surface area (Å²) in [5, 5.41) is 3.07. The van der Waals surface area contributed by atoms with Crippen molar-refractivity contribution in [2.75, 3.05) is 19.5 Å². The van der Waals surface area contributed by atoms with Gasteiger partial charge in [0.15, 0.2) is 0 Å². The second kappa shape index (κ2) is 6.08. The Balaban J connectivity index is 2.24. The zero-order chi connectivity index (χ0) is 16.6. The molecule has 1 N–H and O–H groups in total. The Hall–Kier alpha value is -2.27. The van der Waals surface area contributed by atoms with Gasteiger partial charge in [-0.25, -0.2) is 4.39 Å². The highest BCUT2D eigenvalue weighted by Gasteiger charge is 2.33. The molecule has 0 aromatic heterocycles. The first-order valence-electron chi connectivity index (χ1n) is 7.04. The molecule has 0 radical (unpaired) electrons. The van der Waals surface area contributed by atoms with Crippen molar-refractivity contribution >= 4 is 23.2 Å². The Kier molecular flexibility index (Phi) is 4.13. The number of ether oxygens (including phenoxy) is 2. The van der Waals surface area contributed by atoms with E-state index in [0.717, 1.165) is 0 Å². The summed E-state index contributed by atoms with van der Waals surface area (Å²) in [5.74, 6) is -0.115. The van der Waals surface area contributed by atoms with Crippen molar-refractivity contribution in [1.29, 1.82) is 0 Å². The van der Waals surface area contributed by atoms with Gasteiger partial charge in [0, 0.05) is 40.6 Å². The minimum Gasteiger partial charge on any atom is -0.497 e. The molecule has 2 aromatic carbocycles. The lowest BCUT2D eigenvalue weighted by atomic mass is 9.83. The van der Waals surface area contributed by atoms with Gasteiger partial charge in [-0.15, -0.1) is 0 Å². The van der Waals surface area contributed by atoms with Crippen LogP contribution in [0.4, 0.5) is 10.1 Å². The van der Waals surface area contributed by atoms with E-state index in [1.54, 1.807) is 18.2 Å². The van der Waals surface area contributed by atoms with E-state index in [-0.39, 0.29) is 17.4 Å². The summed E-state index contributed by atoms with van der Waals surface area (Å²) in [5.41, 5.74) is 1.54. The number of rotatable bonds is 3. The molecule has 1 aliphatic rings. The van der Waals surface area contributed by atoms with Crippen molar-refractivity contribution in [2.45, 2.75) is 12.3 Å². The maximum absolute atomic E-state index is 14.4. The van der Waals surface area contributed by atoms with Crippen molar-refractivity contribution in [1.82, 2.24) is 0 Å². The van der Waals surface area contributed by atoms with Crippen LogP contribution in [0.5, 0.6) is 11.5 Å². The molecule has 1 aliphatic heterocycles. The van der Waals surface area contributed by atoms with Gasteiger partial charge in [-0.1, -0.05) is 17.7 Å². The zero-order valence-electron chi connectivity index (χ0n) is 12.7. The first-order chi connectivity index (χ1) is 11.0. The van der Waals surface area contributed by atoms with Gasteiger partial charge in [-0.05, 0) is 12.1 Å². The lowest BCUT2D eigenvalue weighted by Crippen LogP contribution is -2.25. The number of carbonyl (C=O) groups excluding carboxylic acids is 1. The Labute approximate surface area is 138 Å². The average Bonchev–Trinajstić information content (AvgIpc) is 2.53. The van der Waals surface area contributed by atoms with Gasteiger partial charge < -0.3 is 14.8 Å². The van der Waals surface area contributed by atoms with E-state index in [0.29, 0.717) is 28.3 Å². The van der Waals surface area contributed by atoms with Crippen LogP contribution in [0, 0.1) is 5.82 Å². The summed E-state index contributed by atoms with van der Waals surface area (Å²) < 4.78 is 25.0. The molecule has 0 bridgehead atoms. The average molecular weight is 336 g/mol. The first-order valence-corrected chi connectivity index (χ1v) is 7.42. The number of fused-ring (bicyclic) bond motifs is 1. The normalized spacial score (nSPS) is 16.5. The maximum Gasteiger partial charge on any atom is 0.225 e. The van der Waals surface area contributed by atoms with E-state index in [4.69, 9.17) is 21.1 Å². The van der Waals surface area contributed by atoms with Crippen molar-refractivity contribution in [3.63, 3.8) is 0 Å². The molecule has 1 atom stereocenters. The molecule has 23 heavy (non-hydrogen) atoms. The van der Waals surface area contributed by atoms with Gasteiger partial charge in [-0.3, -0.25) is 4.79 Å². The lowest BCUT2D eigenvalue weighted by Gasteiger charge is -2.29. The van der Waals surface area contributed by atoms with E-state index in [2.05, 4.69) is 5.32 Å². The van der Waals surface area contributed by atoms with Crippen LogP contribution in [0.25, 0.3) is 0 Å². The number of halogens is 2. The summed E-state index contributed by atoms with van der Waals surface area (Å²) in [6, 6.07) is 7.89. The molecule has 1 amide bonds. The Bertz CT molecular complexity index is 758. The fourth-order valence-corrected chi connectivity index (χ4v) is 3.22. The number of carbonyl (C=O) groups is 1. The van der Waals surface area contributed by atoms with Gasteiger partial charge in [-0.2, -0.15) is 0 Å². The van der Waals surface area contributed by atoms with Gasteiger partial charge in [0.1, 0.15) is 17.3 Å². The summed E-state index contributed by atoms with van der Waals surface area (Å²) in [7, 11) is 3.04. The fourth-order valence-electron chi connectivity index (χ4n) is 2.93. The number of benzene rings is 2. The molecule has 0 saturated heterocycles. The number of hydrogen-bond donors (Lipinski definition) is 1. The third-order valence-electron chi connectivity index (χ3n) is 3.93. The molecule has 0 aliphatic carbocycles. The maximum atomic E-state index is 14.4. The first kappa shape index (κ1) is 15.6. The molecule has 6 heteroatoms. The molecule has 0 unspecified atom stereocenters. The molecule has 1 heterocycles. The van der Waals surface area contributed by atoms with Crippen LogP contribution in [0.3, 0.4) is 0 Å². The largest absolute Gasteiger partial charge is 0.497 e. The predicted molar refractivity (Wildman–Crippen MR) is 86.0 cm³/mol. The van der Waals surface area contributed by atoms with E-state index in [1.807, 2.05) is 0 Å². The van der Waals surface area contributed by atoms with Crippen LogP contribution in [0.15, 0.2) is 30.3 Å². The summed E-state index contributed by atoms with van der Waals surface area (Å²) in [6.07, 6.45) is 0.0936. The number of methoxy groups -OCH3 is 2. The number of nitrogens with one attached hydrogen (secondary N) is 1. The third-order valence-corrected chi connectivity index (χ3v) is 4.26. The molecule has 2 aromatic rings. The van der Waals surface area contributed by atoms with Crippen LogP contribution < -0.4 is 14.8 Å². The quantitative estimate of drug-likeness (QED) is 0.923. The van der Waals surface area contributed by atoms with E-state index < -0.39 is 11.7 Å². The van der Waals surface area contributed by atoms with Crippen LogP contribution in [0.2, 0.25) is 5.02 Å². The minimum absolute atomic E-state index is 0.0936. The molecule has 0 saturated carbocycles. The third kappa shape index (κ3) is 2.72. The Morgan fingerprint density at radius 3 is 2.65 bits per heavy atom. The molecule has 0 fully saturated rings. The molecular weight excluding hydrogens is 321 g/mol. The number of hydrogen-bond acceptors (Lipinski definition) is 3. The van der Waals surface area contributed by atoms with Gasteiger partial charge in [0.05, 0.1) is 19.9 Å². The molecule has 120 valence electrons. The standard InChI is InChI=1S/C17H15ClFNO3/c1-22-9-6-13-17(14(7-9)23-2)10(8-15(21)20-13)16-11(18)4-3-5-12(16)19/h3-7,10H,8H2,1-2H3,(H,20,21)/t10-/m0/s1. The fraction of sp³-hybridized carbons (Fsp3) is 0.235. The summed E-state index contributed by atoms with van der Waals surface area (Å²) >= 11 is 6.19. The summed E-state index contributed by atoms with van der Waals surface area (Å²) in [4.78, 5) is 12.1. The number of anilines is 1. The van der Waals surface area contributed by atoms with Gasteiger partial charge >= 0.3 is 0 Å². The van der Waals surface area contributed by atoms with Crippen LogP contribution >= 0.6 is 11.6 Å². The SMILES string of the molecule is COc1cc2c(c(OC)c1)[C@H](c1c(F)cccc1Cl)CC(=O)N2. The highest BCUT2D eigenvalue weighted by atomic mass is 35.5. The van der Waals surface area contributed by atoms with E-state index in [9.17, 15) is 9.18 Å². The second-order valence-electron chi connectivity index (χ2n) is 5.23. The van der Waals surface area contributed by atoms with Crippen LogP contribution in [-0.4, -0.2) is 20.1 Å². The smallest absolute Gasteiger partial charge is 0.225 e. The minimum atomic E-state index is -0.520. The topological polar surface area (TPSA) is 47.6 Å². The number of amides is 1. The Morgan fingerprint density at radius 2 is 2.00 bits per heavy atom. The second-order valence-corrected chi connectivity index (χ2v) is 5.64. The highest BCUT2D eigenvalue weighted by molar-refractivity contribution is 6.31. The molecule has 4 nitrogen and oxygen atoms in total. The summed E-state index contributed by atoms with van der Waals surface area (Å²) in [6.45, 7) is 0. The predicted octanol–water partition coefficient (Wildman–Crippen LogP) is 3.97.